The summed E-state index contributed by atoms with van der Waals surface area (Å²) in [4.78, 5) is 11.7. The number of nitrogens with one attached hydrogen (secondary N) is 1. The summed E-state index contributed by atoms with van der Waals surface area (Å²) in [6.45, 7) is 6.23. The van der Waals surface area contributed by atoms with Crippen LogP contribution in [0, 0.1) is 19.8 Å². The lowest BCUT2D eigenvalue weighted by molar-refractivity contribution is -0.120. The number of aryl methyl sites for hydroxylation is 2. The van der Waals surface area contributed by atoms with E-state index in [2.05, 4.69) is 31.3 Å². The second-order valence-corrected chi connectivity index (χ2v) is 4.35. The summed E-state index contributed by atoms with van der Waals surface area (Å²) in [5.74, 6) is 0.330. The van der Waals surface area contributed by atoms with Gasteiger partial charge in [0, 0.05) is 11.6 Å². The lowest BCUT2D eigenvalue weighted by Crippen LogP contribution is -2.30. The van der Waals surface area contributed by atoms with Gasteiger partial charge in [-0.1, -0.05) is 19.1 Å². The maximum Gasteiger partial charge on any atom is 0.227 e. The van der Waals surface area contributed by atoms with Crippen LogP contribution in [0.2, 0.25) is 0 Å². The van der Waals surface area contributed by atoms with Crippen LogP contribution in [-0.2, 0) is 11.2 Å². The smallest absolute Gasteiger partial charge is 0.227 e. The molecular weight excluding hydrogens is 186 g/mol. The SMILES string of the molecule is CCC1Cc2c(C)ccc(C)c2NC1=O. The zero-order chi connectivity index (χ0) is 11.0. The van der Waals surface area contributed by atoms with E-state index in [0.29, 0.717) is 0 Å². The highest BCUT2D eigenvalue weighted by atomic mass is 16.1. The van der Waals surface area contributed by atoms with Crippen molar-refractivity contribution in [3.63, 3.8) is 0 Å². The van der Waals surface area contributed by atoms with E-state index in [4.69, 9.17) is 0 Å². The highest BCUT2D eigenvalue weighted by Gasteiger charge is 2.26. The Morgan fingerprint density at radius 2 is 2.00 bits per heavy atom. The Hall–Kier alpha value is -1.31. The molecule has 1 aliphatic rings. The lowest BCUT2D eigenvalue weighted by Gasteiger charge is -2.26. The fraction of sp³-hybridized carbons (Fsp3) is 0.462. The Morgan fingerprint density at radius 1 is 1.33 bits per heavy atom. The predicted octanol–water partition coefficient (Wildman–Crippen LogP) is 2.82. The highest BCUT2D eigenvalue weighted by Crippen LogP contribution is 2.32. The maximum atomic E-state index is 11.7. The molecule has 0 saturated heterocycles. The molecule has 15 heavy (non-hydrogen) atoms. The second kappa shape index (κ2) is 3.69. The van der Waals surface area contributed by atoms with Gasteiger partial charge in [0.25, 0.3) is 0 Å². The quantitative estimate of drug-likeness (QED) is 0.747. The summed E-state index contributed by atoms with van der Waals surface area (Å²) in [7, 11) is 0. The number of hydrogen-bond acceptors (Lipinski definition) is 1. The molecule has 2 heteroatoms. The van der Waals surface area contributed by atoms with Gasteiger partial charge in [0.05, 0.1) is 0 Å². The van der Waals surface area contributed by atoms with Crippen molar-refractivity contribution in [1.29, 1.82) is 0 Å². The van der Waals surface area contributed by atoms with Crippen molar-refractivity contribution >= 4 is 11.6 Å². The van der Waals surface area contributed by atoms with E-state index < -0.39 is 0 Å². The first-order valence-electron chi connectivity index (χ1n) is 5.53. The van der Waals surface area contributed by atoms with Gasteiger partial charge in [-0.3, -0.25) is 4.79 Å². The summed E-state index contributed by atoms with van der Waals surface area (Å²) < 4.78 is 0. The number of benzene rings is 1. The Bertz CT molecular complexity index is 409. The van der Waals surface area contributed by atoms with E-state index in [9.17, 15) is 4.79 Å². The zero-order valence-electron chi connectivity index (χ0n) is 9.55. The van der Waals surface area contributed by atoms with Crippen LogP contribution in [0.5, 0.6) is 0 Å². The Labute approximate surface area is 90.7 Å². The van der Waals surface area contributed by atoms with E-state index in [-0.39, 0.29) is 11.8 Å². The third-order valence-electron chi connectivity index (χ3n) is 3.32. The first-order valence-corrected chi connectivity index (χ1v) is 5.53. The van der Waals surface area contributed by atoms with Crippen LogP contribution >= 0.6 is 0 Å². The Kier molecular flexibility index (Phi) is 2.51. The molecule has 0 aromatic heterocycles. The zero-order valence-corrected chi connectivity index (χ0v) is 9.55. The molecule has 0 spiro atoms. The molecule has 1 heterocycles. The van der Waals surface area contributed by atoms with Crippen molar-refractivity contribution in [1.82, 2.24) is 0 Å². The number of hydrogen-bond donors (Lipinski definition) is 1. The van der Waals surface area contributed by atoms with Crippen LogP contribution in [0.4, 0.5) is 5.69 Å². The van der Waals surface area contributed by atoms with Gasteiger partial charge in [-0.25, -0.2) is 0 Å². The minimum Gasteiger partial charge on any atom is -0.325 e. The Balaban J connectivity index is 2.48. The molecule has 0 bridgehead atoms. The molecule has 1 aromatic rings. The summed E-state index contributed by atoms with van der Waals surface area (Å²) in [6.07, 6.45) is 1.81. The van der Waals surface area contributed by atoms with Gasteiger partial charge in [0.2, 0.25) is 5.91 Å². The summed E-state index contributed by atoms with van der Waals surface area (Å²) in [5.41, 5.74) is 4.82. The summed E-state index contributed by atoms with van der Waals surface area (Å²) in [6, 6.07) is 4.21. The molecule has 2 rings (SSSR count). The Morgan fingerprint density at radius 3 is 2.67 bits per heavy atom. The monoisotopic (exact) mass is 203 g/mol. The number of fused-ring (bicyclic) bond motifs is 1. The van der Waals surface area contributed by atoms with Gasteiger partial charge >= 0.3 is 0 Å². The van der Waals surface area contributed by atoms with Crippen LogP contribution in [0.3, 0.4) is 0 Å². The molecule has 0 saturated carbocycles. The average Bonchev–Trinajstić information content (AvgIpc) is 2.23. The van der Waals surface area contributed by atoms with Gasteiger partial charge in [0.1, 0.15) is 0 Å². The number of anilines is 1. The van der Waals surface area contributed by atoms with Gasteiger partial charge in [0.15, 0.2) is 0 Å². The molecule has 1 aromatic carbocycles. The third kappa shape index (κ3) is 1.65. The van der Waals surface area contributed by atoms with Crippen molar-refractivity contribution in [3.05, 3.63) is 28.8 Å². The first kappa shape index (κ1) is 10.2. The molecule has 1 atom stereocenters. The highest BCUT2D eigenvalue weighted by molar-refractivity contribution is 5.96. The molecule has 0 aliphatic carbocycles. The minimum absolute atomic E-state index is 0.151. The van der Waals surface area contributed by atoms with Gasteiger partial charge in [-0.05, 0) is 43.4 Å². The lowest BCUT2D eigenvalue weighted by atomic mass is 9.87. The van der Waals surface area contributed by atoms with Crippen LogP contribution < -0.4 is 5.32 Å². The fourth-order valence-corrected chi connectivity index (χ4v) is 2.20. The molecular formula is C13H17NO. The standard InChI is InChI=1S/C13H17NO/c1-4-10-7-11-8(2)5-6-9(3)12(11)14-13(10)15/h5-6,10H,4,7H2,1-3H3,(H,14,15). The topological polar surface area (TPSA) is 29.1 Å². The molecule has 2 nitrogen and oxygen atoms in total. The summed E-state index contributed by atoms with van der Waals surface area (Å²) >= 11 is 0. The van der Waals surface area contributed by atoms with Gasteiger partial charge < -0.3 is 5.32 Å². The largest absolute Gasteiger partial charge is 0.325 e. The number of rotatable bonds is 1. The maximum absolute atomic E-state index is 11.7. The van der Waals surface area contributed by atoms with Crippen LogP contribution in [0.15, 0.2) is 12.1 Å². The van der Waals surface area contributed by atoms with E-state index in [1.54, 1.807) is 0 Å². The van der Waals surface area contributed by atoms with E-state index in [0.717, 1.165) is 18.5 Å². The van der Waals surface area contributed by atoms with Crippen molar-refractivity contribution in [2.45, 2.75) is 33.6 Å². The van der Waals surface area contributed by atoms with Gasteiger partial charge in [-0.2, -0.15) is 0 Å². The van der Waals surface area contributed by atoms with Crippen LogP contribution in [-0.4, -0.2) is 5.91 Å². The molecule has 0 fully saturated rings. The van der Waals surface area contributed by atoms with E-state index in [1.807, 2.05) is 6.92 Å². The number of carbonyl (C=O) groups excluding carboxylic acids is 1. The third-order valence-corrected chi connectivity index (χ3v) is 3.32. The van der Waals surface area contributed by atoms with E-state index >= 15 is 0 Å². The summed E-state index contributed by atoms with van der Waals surface area (Å²) in [5, 5.41) is 3.03. The number of amides is 1. The molecule has 1 amide bonds. The molecule has 1 unspecified atom stereocenters. The molecule has 0 radical (unpaired) electrons. The second-order valence-electron chi connectivity index (χ2n) is 4.35. The number of carbonyl (C=O) groups is 1. The normalized spacial score (nSPS) is 19.7. The predicted molar refractivity (Wildman–Crippen MR) is 62.0 cm³/mol. The molecule has 1 N–H and O–H groups in total. The van der Waals surface area contributed by atoms with Crippen LogP contribution in [0.1, 0.15) is 30.0 Å². The van der Waals surface area contributed by atoms with Crippen molar-refractivity contribution in [2.75, 3.05) is 5.32 Å². The fourth-order valence-electron chi connectivity index (χ4n) is 2.20. The molecule has 1 aliphatic heterocycles. The van der Waals surface area contributed by atoms with Crippen LogP contribution in [0.25, 0.3) is 0 Å². The average molecular weight is 203 g/mol. The first-order chi connectivity index (χ1) is 7.13. The molecule has 80 valence electrons. The van der Waals surface area contributed by atoms with Gasteiger partial charge in [-0.15, -0.1) is 0 Å². The van der Waals surface area contributed by atoms with E-state index in [1.165, 1.54) is 16.7 Å². The van der Waals surface area contributed by atoms with Crippen molar-refractivity contribution in [2.24, 2.45) is 5.92 Å². The minimum atomic E-state index is 0.151. The van der Waals surface area contributed by atoms with Crippen molar-refractivity contribution < 1.29 is 4.79 Å². The van der Waals surface area contributed by atoms with Crippen molar-refractivity contribution in [3.8, 4) is 0 Å².